The minimum Gasteiger partial charge on any atom is -0.543 e. The molecule has 0 spiro atoms. The zero-order valence-corrected chi connectivity index (χ0v) is 16.8. The molecule has 0 saturated heterocycles. The minimum atomic E-state index is -1.77. The van der Waals surface area contributed by atoms with Crippen molar-refractivity contribution in [1.82, 2.24) is 0 Å². The van der Waals surface area contributed by atoms with Crippen LogP contribution in [-0.2, 0) is 14.3 Å². The van der Waals surface area contributed by atoms with E-state index >= 15 is 0 Å². The van der Waals surface area contributed by atoms with Crippen molar-refractivity contribution in [3.8, 4) is 5.75 Å². The van der Waals surface area contributed by atoms with Crippen LogP contribution in [0.4, 0.5) is 5.69 Å². The summed E-state index contributed by atoms with van der Waals surface area (Å²) in [6.45, 7) is 8.02. The van der Waals surface area contributed by atoms with Crippen LogP contribution in [-0.4, -0.2) is 27.3 Å². The average molecular weight is 364 g/mol. The van der Waals surface area contributed by atoms with Gasteiger partial charge in [0.25, 0.3) is 0 Å². The monoisotopic (exact) mass is 363 g/mol. The second-order valence-corrected chi connectivity index (χ2v) is 10.7. The van der Waals surface area contributed by atoms with Crippen LogP contribution in [0.5, 0.6) is 5.75 Å². The molecule has 1 aromatic carbocycles. The highest BCUT2D eigenvalue weighted by atomic mass is 28.4. The number of esters is 1. The van der Waals surface area contributed by atoms with Gasteiger partial charge in [0, 0.05) is 18.2 Å². The Labute approximate surface area is 151 Å². The smallest absolute Gasteiger partial charge is 0.309 e. The Hall–Kier alpha value is -2.08. The fraction of sp³-hybridized carbons (Fsp3) is 0.474. The molecule has 0 aromatic heterocycles. The van der Waals surface area contributed by atoms with Crippen LogP contribution >= 0.6 is 0 Å². The molecule has 0 aliphatic heterocycles. The summed E-state index contributed by atoms with van der Waals surface area (Å²) in [5.74, 6) is 0.360. The predicted molar refractivity (Wildman–Crippen MR) is 104 cm³/mol. The van der Waals surface area contributed by atoms with Gasteiger partial charge in [-0.2, -0.15) is 0 Å². The number of nitrogens with one attached hydrogen (secondary N) is 1. The highest BCUT2D eigenvalue weighted by molar-refractivity contribution is 6.74. The molecule has 0 fully saturated rings. The number of ether oxygens (including phenoxy) is 1. The lowest BCUT2D eigenvalue weighted by Gasteiger charge is -2.29. The Morgan fingerprint density at radius 3 is 2.32 bits per heavy atom. The highest BCUT2D eigenvalue weighted by Gasteiger charge is 2.30. The summed E-state index contributed by atoms with van der Waals surface area (Å²) >= 11 is 0. The van der Waals surface area contributed by atoms with Gasteiger partial charge in [0.2, 0.25) is 14.2 Å². The third-order valence-corrected chi connectivity index (χ3v) is 8.95. The van der Waals surface area contributed by atoms with Gasteiger partial charge >= 0.3 is 5.97 Å². The Kier molecular flexibility index (Phi) is 8.41. The molecule has 0 saturated carbocycles. The van der Waals surface area contributed by atoms with Crippen LogP contribution in [0.15, 0.2) is 24.3 Å². The standard InChI is InChI=1S/C19H29NO4Si/c1-6-25(7-2,8-3)24-17-12-13-18(20-15(4)21)16(14-17)10-9-11-19(22)23-5/h9-10,12-14H,6-8,11H2,1-5H3,(H,20,21)/b10-9+. The van der Waals surface area contributed by atoms with Gasteiger partial charge in [0.05, 0.1) is 13.5 Å². The van der Waals surface area contributed by atoms with Crippen LogP contribution in [0, 0.1) is 0 Å². The van der Waals surface area contributed by atoms with E-state index in [-0.39, 0.29) is 18.3 Å². The molecule has 0 unspecified atom stereocenters. The average Bonchev–Trinajstić information content (AvgIpc) is 2.61. The lowest BCUT2D eigenvalue weighted by atomic mass is 10.1. The van der Waals surface area contributed by atoms with E-state index in [1.807, 2.05) is 24.3 Å². The van der Waals surface area contributed by atoms with E-state index in [0.717, 1.165) is 29.4 Å². The summed E-state index contributed by atoms with van der Waals surface area (Å²) in [4.78, 5) is 22.7. The number of carbonyl (C=O) groups is 2. The number of carbonyl (C=O) groups excluding carboxylic acids is 2. The fourth-order valence-electron chi connectivity index (χ4n) is 2.63. The molecular formula is C19H29NO4Si. The molecule has 0 heterocycles. The quantitative estimate of drug-likeness (QED) is 0.514. The topological polar surface area (TPSA) is 64.6 Å². The van der Waals surface area contributed by atoms with Crippen molar-refractivity contribution in [3.05, 3.63) is 29.8 Å². The molecule has 0 atom stereocenters. The van der Waals surface area contributed by atoms with E-state index in [9.17, 15) is 9.59 Å². The normalized spacial score (nSPS) is 11.4. The zero-order valence-electron chi connectivity index (χ0n) is 15.8. The van der Waals surface area contributed by atoms with Crippen molar-refractivity contribution in [2.45, 2.75) is 52.2 Å². The number of amides is 1. The first-order valence-electron chi connectivity index (χ1n) is 8.73. The summed E-state index contributed by atoms with van der Waals surface area (Å²) in [6, 6.07) is 8.82. The summed E-state index contributed by atoms with van der Waals surface area (Å²) in [5.41, 5.74) is 1.50. The van der Waals surface area contributed by atoms with Crippen LogP contribution < -0.4 is 9.74 Å². The van der Waals surface area contributed by atoms with Crippen LogP contribution in [0.1, 0.15) is 39.7 Å². The summed E-state index contributed by atoms with van der Waals surface area (Å²) in [5, 5.41) is 2.81. The third-order valence-electron chi connectivity index (χ3n) is 4.41. The molecule has 25 heavy (non-hydrogen) atoms. The summed E-state index contributed by atoms with van der Waals surface area (Å²) in [6.07, 6.45) is 3.71. The first-order valence-corrected chi connectivity index (χ1v) is 11.3. The number of methoxy groups -OCH3 is 1. The van der Waals surface area contributed by atoms with E-state index in [0.29, 0.717) is 5.69 Å². The number of benzene rings is 1. The van der Waals surface area contributed by atoms with Crippen LogP contribution in [0.2, 0.25) is 18.1 Å². The molecule has 1 N–H and O–H groups in total. The molecule has 5 nitrogen and oxygen atoms in total. The van der Waals surface area contributed by atoms with Crippen molar-refractivity contribution in [2.24, 2.45) is 0 Å². The van der Waals surface area contributed by atoms with Crippen LogP contribution in [0.3, 0.4) is 0 Å². The lowest BCUT2D eigenvalue weighted by Crippen LogP contribution is -2.39. The van der Waals surface area contributed by atoms with E-state index in [4.69, 9.17) is 4.43 Å². The van der Waals surface area contributed by atoms with Gasteiger partial charge in [0.15, 0.2) is 0 Å². The Morgan fingerprint density at radius 1 is 1.16 bits per heavy atom. The first kappa shape index (κ1) is 21.0. The third kappa shape index (κ3) is 6.38. The number of hydrogen-bond donors (Lipinski definition) is 1. The largest absolute Gasteiger partial charge is 0.543 e. The van der Waals surface area contributed by atoms with Gasteiger partial charge in [-0.1, -0.05) is 32.9 Å². The molecular weight excluding hydrogens is 334 g/mol. The maximum Gasteiger partial charge on any atom is 0.309 e. The van der Waals surface area contributed by atoms with E-state index in [1.54, 1.807) is 6.08 Å². The van der Waals surface area contributed by atoms with Crippen molar-refractivity contribution >= 4 is 32.0 Å². The van der Waals surface area contributed by atoms with E-state index < -0.39 is 8.32 Å². The molecule has 0 radical (unpaired) electrons. The second kappa shape index (κ2) is 10.0. The first-order chi connectivity index (χ1) is 11.9. The maximum absolute atomic E-state index is 11.4. The van der Waals surface area contributed by atoms with E-state index in [2.05, 4.69) is 30.8 Å². The minimum absolute atomic E-state index is 0.143. The Morgan fingerprint density at radius 2 is 1.80 bits per heavy atom. The molecule has 1 aromatic rings. The predicted octanol–water partition coefficient (Wildman–Crippen LogP) is 4.61. The van der Waals surface area contributed by atoms with Crippen molar-refractivity contribution in [1.29, 1.82) is 0 Å². The van der Waals surface area contributed by atoms with Gasteiger partial charge in [-0.3, -0.25) is 9.59 Å². The molecule has 138 valence electrons. The molecule has 1 amide bonds. The molecule has 0 aliphatic rings. The SMILES string of the molecule is CC[Si](CC)(CC)Oc1ccc(NC(C)=O)c(/C=C/CC(=O)OC)c1. The van der Waals surface area contributed by atoms with Gasteiger partial charge in [-0.05, 0) is 36.3 Å². The maximum atomic E-state index is 11.4. The molecule has 0 bridgehead atoms. The second-order valence-electron chi connectivity index (χ2n) is 5.96. The van der Waals surface area contributed by atoms with Crippen molar-refractivity contribution in [3.63, 3.8) is 0 Å². The van der Waals surface area contributed by atoms with Gasteiger partial charge in [-0.15, -0.1) is 0 Å². The molecule has 0 aliphatic carbocycles. The number of hydrogen-bond acceptors (Lipinski definition) is 4. The van der Waals surface area contributed by atoms with Gasteiger partial charge in [-0.25, -0.2) is 0 Å². The van der Waals surface area contributed by atoms with Crippen molar-refractivity contribution in [2.75, 3.05) is 12.4 Å². The van der Waals surface area contributed by atoms with E-state index in [1.165, 1.54) is 14.0 Å². The Balaban J connectivity index is 3.12. The van der Waals surface area contributed by atoms with Crippen molar-refractivity contribution < 1.29 is 18.8 Å². The summed E-state index contributed by atoms with van der Waals surface area (Å²) in [7, 11) is -0.412. The molecule has 1 rings (SSSR count). The fourth-order valence-corrected chi connectivity index (χ4v) is 5.19. The number of anilines is 1. The summed E-state index contributed by atoms with van der Waals surface area (Å²) < 4.78 is 11.0. The van der Waals surface area contributed by atoms with Crippen LogP contribution in [0.25, 0.3) is 6.08 Å². The molecule has 6 heteroatoms. The Bertz CT molecular complexity index is 616. The zero-order chi connectivity index (χ0) is 18.9. The number of rotatable bonds is 9. The van der Waals surface area contributed by atoms with Gasteiger partial charge in [0.1, 0.15) is 5.75 Å². The lowest BCUT2D eigenvalue weighted by molar-refractivity contribution is -0.139. The van der Waals surface area contributed by atoms with Gasteiger partial charge < -0.3 is 14.5 Å². The highest BCUT2D eigenvalue weighted by Crippen LogP contribution is 2.29.